The summed E-state index contributed by atoms with van der Waals surface area (Å²) in [6.07, 6.45) is 4.24. The lowest BCUT2D eigenvalue weighted by molar-refractivity contribution is -0.142. The molecule has 142 valence electrons. The zero-order chi connectivity index (χ0) is 19.8. The smallest absolute Gasteiger partial charge is 0.331 e. The third-order valence-electron chi connectivity index (χ3n) is 4.06. The quantitative estimate of drug-likeness (QED) is 0.454. The van der Waals surface area contributed by atoms with Crippen molar-refractivity contribution in [2.45, 2.75) is 13.5 Å². The summed E-state index contributed by atoms with van der Waals surface area (Å²) in [5, 5.41) is 0. The Hall–Kier alpha value is -3.60. The molecule has 0 bridgehead atoms. The summed E-state index contributed by atoms with van der Waals surface area (Å²) < 4.78 is 10.2. The molecule has 0 unspecified atom stereocenters. The molecular weight excluding hydrogens is 354 g/mol. The van der Waals surface area contributed by atoms with Crippen LogP contribution in [-0.4, -0.2) is 18.5 Å². The highest BCUT2D eigenvalue weighted by Gasteiger charge is 2.18. The highest BCUT2D eigenvalue weighted by atomic mass is 16.5. The topological polar surface area (TPSA) is 59.8 Å². The molecule has 0 aliphatic rings. The highest BCUT2D eigenvalue weighted by molar-refractivity contribution is 5.96. The highest BCUT2D eigenvalue weighted by Crippen LogP contribution is 2.19. The number of carbonyl (C=O) groups excluding carboxylic acids is 2. The van der Waals surface area contributed by atoms with Gasteiger partial charge < -0.3 is 14.1 Å². The second-order valence-corrected chi connectivity index (χ2v) is 6.26. The van der Waals surface area contributed by atoms with E-state index in [9.17, 15) is 9.59 Å². The van der Waals surface area contributed by atoms with Crippen molar-refractivity contribution in [3.05, 3.63) is 96.0 Å². The number of carbonyl (C=O) groups is 2. The van der Waals surface area contributed by atoms with Crippen LogP contribution in [0.25, 0.3) is 6.08 Å². The van der Waals surface area contributed by atoms with E-state index < -0.39 is 5.97 Å². The molecule has 0 spiro atoms. The number of benzene rings is 2. The van der Waals surface area contributed by atoms with E-state index in [0.29, 0.717) is 12.3 Å². The summed E-state index contributed by atoms with van der Waals surface area (Å²) in [7, 11) is 0. The lowest BCUT2D eigenvalue weighted by atomic mass is 10.1. The van der Waals surface area contributed by atoms with Crippen LogP contribution < -0.4 is 4.90 Å². The molecule has 5 nitrogen and oxygen atoms in total. The fraction of sp³-hybridized carbons (Fsp3) is 0.130. The van der Waals surface area contributed by atoms with Gasteiger partial charge in [-0.3, -0.25) is 4.79 Å². The first-order valence-electron chi connectivity index (χ1n) is 8.91. The molecule has 0 radical (unpaired) electrons. The Morgan fingerprint density at radius 3 is 2.57 bits per heavy atom. The van der Waals surface area contributed by atoms with Gasteiger partial charge in [0.15, 0.2) is 6.61 Å². The number of amides is 1. The third-order valence-corrected chi connectivity index (χ3v) is 4.06. The Balaban J connectivity index is 1.68. The third kappa shape index (κ3) is 5.45. The van der Waals surface area contributed by atoms with E-state index in [2.05, 4.69) is 0 Å². The van der Waals surface area contributed by atoms with Crippen molar-refractivity contribution < 1.29 is 18.7 Å². The molecule has 0 aliphatic carbocycles. The molecule has 0 aliphatic heterocycles. The van der Waals surface area contributed by atoms with Gasteiger partial charge in [0.25, 0.3) is 5.91 Å². The van der Waals surface area contributed by atoms with E-state index >= 15 is 0 Å². The number of furan rings is 1. The molecule has 0 saturated carbocycles. The Kier molecular flexibility index (Phi) is 6.41. The number of hydrogen-bond acceptors (Lipinski definition) is 4. The van der Waals surface area contributed by atoms with Crippen LogP contribution in [0.15, 0.2) is 83.5 Å². The zero-order valence-electron chi connectivity index (χ0n) is 15.6. The molecule has 0 saturated heterocycles. The number of anilines is 1. The van der Waals surface area contributed by atoms with Crippen molar-refractivity contribution in [3.8, 4) is 0 Å². The first-order valence-corrected chi connectivity index (χ1v) is 8.91. The molecule has 3 aromatic rings. The Bertz CT molecular complexity index is 946. The maximum Gasteiger partial charge on any atom is 0.331 e. The molecule has 28 heavy (non-hydrogen) atoms. The fourth-order valence-corrected chi connectivity index (χ4v) is 2.68. The first-order chi connectivity index (χ1) is 13.6. The van der Waals surface area contributed by atoms with Crippen LogP contribution in [0.1, 0.15) is 16.9 Å². The lowest BCUT2D eigenvalue weighted by Gasteiger charge is -2.23. The number of ether oxygens (including phenoxy) is 1. The van der Waals surface area contributed by atoms with Crippen LogP contribution in [0.2, 0.25) is 0 Å². The Morgan fingerprint density at radius 2 is 1.86 bits per heavy atom. The van der Waals surface area contributed by atoms with E-state index in [0.717, 1.165) is 16.8 Å². The number of nitrogens with zero attached hydrogens (tertiary/aromatic N) is 1. The predicted octanol–water partition coefficient (Wildman–Crippen LogP) is 4.38. The van der Waals surface area contributed by atoms with Gasteiger partial charge in [0.1, 0.15) is 5.76 Å². The lowest BCUT2D eigenvalue weighted by Crippen LogP contribution is -2.34. The van der Waals surface area contributed by atoms with Crippen LogP contribution in [0.5, 0.6) is 0 Å². The maximum atomic E-state index is 12.8. The number of hydrogen-bond donors (Lipinski definition) is 0. The van der Waals surface area contributed by atoms with Gasteiger partial charge in [0, 0.05) is 11.8 Å². The van der Waals surface area contributed by atoms with E-state index in [1.807, 2.05) is 61.5 Å². The minimum atomic E-state index is -0.603. The minimum Gasteiger partial charge on any atom is -0.465 e. The molecular formula is C23H21NO4. The molecule has 1 aromatic heterocycles. The normalized spacial score (nSPS) is 10.8. The van der Waals surface area contributed by atoms with Gasteiger partial charge >= 0.3 is 5.97 Å². The number of rotatable bonds is 7. The molecule has 5 heteroatoms. The largest absolute Gasteiger partial charge is 0.465 e. The van der Waals surface area contributed by atoms with E-state index in [-0.39, 0.29) is 12.5 Å². The van der Waals surface area contributed by atoms with Crippen LogP contribution in [-0.2, 0) is 20.9 Å². The maximum absolute atomic E-state index is 12.8. The summed E-state index contributed by atoms with van der Waals surface area (Å²) >= 11 is 0. The number of esters is 1. The van der Waals surface area contributed by atoms with Crippen molar-refractivity contribution in [3.63, 3.8) is 0 Å². The SMILES string of the molecule is Cc1cccc(N(Cc2ccccc2)C(=O)COC(=O)/C=C/c2ccco2)c1. The predicted molar refractivity (Wildman–Crippen MR) is 108 cm³/mol. The van der Waals surface area contributed by atoms with Crippen LogP contribution in [0.4, 0.5) is 5.69 Å². The van der Waals surface area contributed by atoms with Gasteiger partial charge in [-0.1, -0.05) is 42.5 Å². The van der Waals surface area contributed by atoms with Gasteiger partial charge in [-0.05, 0) is 48.4 Å². The molecule has 1 heterocycles. The summed E-state index contributed by atoms with van der Waals surface area (Å²) in [6, 6.07) is 20.8. The zero-order valence-corrected chi connectivity index (χ0v) is 15.6. The average molecular weight is 375 g/mol. The van der Waals surface area contributed by atoms with Gasteiger partial charge in [-0.15, -0.1) is 0 Å². The summed E-state index contributed by atoms with van der Waals surface area (Å²) in [5.74, 6) is -0.364. The van der Waals surface area contributed by atoms with Crippen molar-refractivity contribution in [1.29, 1.82) is 0 Å². The van der Waals surface area contributed by atoms with E-state index in [4.69, 9.17) is 9.15 Å². The first kappa shape index (κ1) is 19.2. The molecule has 0 atom stereocenters. The second-order valence-electron chi connectivity index (χ2n) is 6.26. The fourth-order valence-electron chi connectivity index (χ4n) is 2.68. The van der Waals surface area contributed by atoms with Gasteiger partial charge in [0.05, 0.1) is 12.8 Å². The molecule has 1 amide bonds. The number of aryl methyl sites for hydroxylation is 1. The summed E-state index contributed by atoms with van der Waals surface area (Å²) in [4.78, 5) is 26.3. The van der Waals surface area contributed by atoms with Crippen LogP contribution in [0, 0.1) is 6.92 Å². The van der Waals surface area contributed by atoms with Gasteiger partial charge in [0.2, 0.25) is 0 Å². The summed E-state index contributed by atoms with van der Waals surface area (Å²) in [5.41, 5.74) is 2.79. The second kappa shape index (κ2) is 9.37. The minimum absolute atomic E-state index is 0.297. The average Bonchev–Trinajstić information content (AvgIpc) is 3.23. The van der Waals surface area contributed by atoms with E-state index in [1.54, 1.807) is 17.0 Å². The van der Waals surface area contributed by atoms with Crippen molar-refractivity contribution in [2.24, 2.45) is 0 Å². The van der Waals surface area contributed by atoms with Gasteiger partial charge in [-0.25, -0.2) is 4.79 Å². The van der Waals surface area contributed by atoms with Crippen molar-refractivity contribution in [2.75, 3.05) is 11.5 Å². The Morgan fingerprint density at radius 1 is 1.04 bits per heavy atom. The molecule has 2 aromatic carbocycles. The summed E-state index contributed by atoms with van der Waals surface area (Å²) in [6.45, 7) is 2.01. The van der Waals surface area contributed by atoms with Crippen LogP contribution in [0.3, 0.4) is 0 Å². The van der Waals surface area contributed by atoms with Crippen molar-refractivity contribution >= 4 is 23.6 Å². The molecule has 3 rings (SSSR count). The monoisotopic (exact) mass is 375 g/mol. The standard InChI is InChI=1S/C23H21NO4/c1-18-7-5-10-20(15-18)24(16-19-8-3-2-4-9-19)22(25)17-28-23(26)13-12-21-11-6-14-27-21/h2-15H,16-17H2,1H3/b13-12+. The van der Waals surface area contributed by atoms with E-state index in [1.165, 1.54) is 18.4 Å². The van der Waals surface area contributed by atoms with Gasteiger partial charge in [-0.2, -0.15) is 0 Å². The molecule has 0 fully saturated rings. The Labute approximate surface area is 163 Å². The van der Waals surface area contributed by atoms with Crippen LogP contribution >= 0.6 is 0 Å². The molecule has 0 N–H and O–H groups in total. The van der Waals surface area contributed by atoms with Crippen molar-refractivity contribution in [1.82, 2.24) is 0 Å².